The number of amides is 1. The van der Waals surface area contributed by atoms with Crippen LogP contribution in [0.4, 0.5) is 13.2 Å². The Balaban J connectivity index is 1.57. The number of nitrogens with zero attached hydrogens (tertiary/aromatic N) is 1. The number of halogens is 3. The second-order valence-electron chi connectivity index (χ2n) is 7.27. The minimum absolute atomic E-state index is 0.0824. The number of piperidine rings is 1. The van der Waals surface area contributed by atoms with Gasteiger partial charge in [-0.05, 0) is 55.0 Å². The van der Waals surface area contributed by atoms with E-state index in [1.807, 2.05) is 30.5 Å². The van der Waals surface area contributed by atoms with E-state index in [2.05, 4.69) is 5.32 Å². The summed E-state index contributed by atoms with van der Waals surface area (Å²) in [5.41, 5.74) is -0.0379. The monoisotopic (exact) mass is 472 g/mol. The molecule has 2 aromatic carbocycles. The maximum absolute atomic E-state index is 12.9. The molecule has 2 aromatic rings. The number of hydrogen-bond donors (Lipinski definition) is 1. The zero-order valence-corrected chi connectivity index (χ0v) is 18.5. The molecule has 1 heterocycles. The zero-order valence-electron chi connectivity index (χ0n) is 16.9. The predicted molar refractivity (Wildman–Crippen MR) is 113 cm³/mol. The van der Waals surface area contributed by atoms with Crippen molar-refractivity contribution in [2.45, 2.75) is 35.4 Å². The first kappa shape index (κ1) is 23.6. The molecule has 0 saturated carbocycles. The summed E-state index contributed by atoms with van der Waals surface area (Å²) >= 11 is 1.63. The van der Waals surface area contributed by atoms with Crippen LogP contribution in [0.3, 0.4) is 0 Å². The number of alkyl halides is 3. The Kier molecular flexibility index (Phi) is 7.33. The number of benzene rings is 2. The van der Waals surface area contributed by atoms with E-state index in [4.69, 9.17) is 0 Å². The molecule has 1 aliphatic heterocycles. The second-order valence-corrected chi connectivity index (χ2v) is 10.1. The van der Waals surface area contributed by atoms with Crippen molar-refractivity contribution in [3.8, 4) is 0 Å². The Bertz CT molecular complexity index is 1020. The first-order valence-corrected chi connectivity index (χ1v) is 12.4. The van der Waals surface area contributed by atoms with Crippen LogP contribution in [0, 0.1) is 5.92 Å². The van der Waals surface area contributed by atoms with Crippen molar-refractivity contribution >= 4 is 27.7 Å². The first-order valence-electron chi connectivity index (χ1n) is 9.69. The second kappa shape index (κ2) is 9.62. The summed E-state index contributed by atoms with van der Waals surface area (Å²) < 4.78 is 65.4. The van der Waals surface area contributed by atoms with Gasteiger partial charge in [0.15, 0.2) is 0 Å². The third kappa shape index (κ3) is 5.81. The van der Waals surface area contributed by atoms with Gasteiger partial charge in [0.2, 0.25) is 15.9 Å². The lowest BCUT2D eigenvalue weighted by molar-refractivity contribution is -0.137. The van der Waals surface area contributed by atoms with Crippen LogP contribution >= 0.6 is 11.8 Å². The molecule has 1 fully saturated rings. The van der Waals surface area contributed by atoms with E-state index >= 15 is 0 Å². The van der Waals surface area contributed by atoms with Gasteiger partial charge in [0.25, 0.3) is 0 Å². The Labute approximate surface area is 184 Å². The van der Waals surface area contributed by atoms with Crippen molar-refractivity contribution < 1.29 is 26.4 Å². The molecule has 0 aliphatic carbocycles. The fourth-order valence-corrected chi connectivity index (χ4v) is 5.34. The molecule has 3 rings (SSSR count). The molecule has 0 aromatic heterocycles. The Hall–Kier alpha value is -2.04. The topological polar surface area (TPSA) is 66.5 Å². The van der Waals surface area contributed by atoms with Crippen molar-refractivity contribution in [1.82, 2.24) is 9.62 Å². The minimum Gasteiger partial charge on any atom is -0.352 e. The van der Waals surface area contributed by atoms with Crippen LogP contribution in [0.5, 0.6) is 0 Å². The Morgan fingerprint density at radius 1 is 1.13 bits per heavy atom. The van der Waals surface area contributed by atoms with Crippen LogP contribution < -0.4 is 5.32 Å². The normalized spacial score (nSPS) is 16.3. The van der Waals surface area contributed by atoms with Crippen molar-refractivity contribution in [3.05, 3.63) is 59.7 Å². The lowest BCUT2D eigenvalue weighted by Crippen LogP contribution is -2.42. The van der Waals surface area contributed by atoms with Gasteiger partial charge in [0, 0.05) is 30.4 Å². The SMILES string of the molecule is CSc1ccc(CNC(=O)C2CCN(S(=O)(=O)c3cccc(C(F)(F)F)c3)CC2)cc1. The number of carbonyl (C=O) groups excluding carboxylic acids is 1. The van der Waals surface area contributed by atoms with Gasteiger partial charge in [-0.1, -0.05) is 18.2 Å². The smallest absolute Gasteiger partial charge is 0.352 e. The quantitative estimate of drug-likeness (QED) is 0.642. The van der Waals surface area contributed by atoms with Gasteiger partial charge in [-0.15, -0.1) is 11.8 Å². The summed E-state index contributed by atoms with van der Waals surface area (Å²) in [6.07, 6.45) is -2.01. The Morgan fingerprint density at radius 2 is 1.77 bits per heavy atom. The highest BCUT2D eigenvalue weighted by Crippen LogP contribution is 2.32. The average Bonchev–Trinajstić information content (AvgIpc) is 2.77. The molecular formula is C21H23F3N2O3S2. The molecule has 5 nitrogen and oxygen atoms in total. The summed E-state index contributed by atoms with van der Waals surface area (Å²) in [7, 11) is -4.06. The van der Waals surface area contributed by atoms with Crippen LogP contribution in [0.2, 0.25) is 0 Å². The third-order valence-electron chi connectivity index (χ3n) is 5.25. The summed E-state index contributed by atoms with van der Waals surface area (Å²) in [5, 5.41) is 2.88. The fraction of sp³-hybridized carbons (Fsp3) is 0.381. The Morgan fingerprint density at radius 3 is 2.35 bits per heavy atom. The molecule has 168 valence electrons. The van der Waals surface area contributed by atoms with Gasteiger partial charge in [0.1, 0.15) is 0 Å². The van der Waals surface area contributed by atoms with Crippen molar-refractivity contribution in [2.75, 3.05) is 19.3 Å². The molecule has 0 atom stereocenters. The van der Waals surface area contributed by atoms with E-state index in [1.165, 1.54) is 0 Å². The van der Waals surface area contributed by atoms with Crippen LogP contribution in [-0.4, -0.2) is 38.0 Å². The first-order chi connectivity index (χ1) is 14.6. The molecule has 0 unspecified atom stereocenters. The predicted octanol–water partition coefficient (Wildman–Crippen LogP) is 4.14. The number of nitrogens with one attached hydrogen (secondary N) is 1. The largest absolute Gasteiger partial charge is 0.416 e. The lowest BCUT2D eigenvalue weighted by atomic mass is 9.97. The lowest BCUT2D eigenvalue weighted by Gasteiger charge is -2.30. The van der Waals surface area contributed by atoms with Crippen molar-refractivity contribution in [1.29, 1.82) is 0 Å². The highest BCUT2D eigenvalue weighted by atomic mass is 32.2. The maximum atomic E-state index is 12.9. The summed E-state index contributed by atoms with van der Waals surface area (Å²) in [4.78, 5) is 13.2. The summed E-state index contributed by atoms with van der Waals surface area (Å²) in [5.74, 6) is -0.483. The fourth-order valence-electron chi connectivity index (χ4n) is 3.42. The van der Waals surface area contributed by atoms with Gasteiger partial charge in [-0.2, -0.15) is 17.5 Å². The molecular weight excluding hydrogens is 449 g/mol. The molecule has 0 spiro atoms. The van der Waals surface area contributed by atoms with E-state index < -0.39 is 21.8 Å². The van der Waals surface area contributed by atoms with Gasteiger partial charge >= 0.3 is 6.18 Å². The molecule has 31 heavy (non-hydrogen) atoms. The molecule has 10 heteroatoms. The van der Waals surface area contributed by atoms with Crippen LogP contribution in [0.25, 0.3) is 0 Å². The molecule has 0 bridgehead atoms. The summed E-state index contributed by atoms with van der Waals surface area (Å²) in [6, 6.07) is 11.6. The molecule has 1 saturated heterocycles. The highest BCUT2D eigenvalue weighted by Gasteiger charge is 2.35. The van der Waals surface area contributed by atoms with E-state index in [-0.39, 0.29) is 29.8 Å². The van der Waals surface area contributed by atoms with E-state index in [0.717, 1.165) is 33.0 Å². The molecule has 0 radical (unpaired) electrons. The van der Waals surface area contributed by atoms with Gasteiger partial charge in [-0.3, -0.25) is 4.79 Å². The number of sulfonamides is 1. The van der Waals surface area contributed by atoms with Crippen LogP contribution in [0.1, 0.15) is 24.0 Å². The van der Waals surface area contributed by atoms with Gasteiger partial charge in [-0.25, -0.2) is 8.42 Å². The molecule has 1 aliphatic rings. The number of thioether (sulfide) groups is 1. The highest BCUT2D eigenvalue weighted by molar-refractivity contribution is 7.98. The van der Waals surface area contributed by atoms with Crippen LogP contribution in [-0.2, 0) is 27.5 Å². The molecule has 1 amide bonds. The van der Waals surface area contributed by atoms with Gasteiger partial charge in [0.05, 0.1) is 10.5 Å². The van der Waals surface area contributed by atoms with Crippen LogP contribution in [0.15, 0.2) is 58.3 Å². The number of rotatable bonds is 6. The number of hydrogen-bond acceptors (Lipinski definition) is 4. The zero-order chi connectivity index (χ0) is 22.6. The van der Waals surface area contributed by atoms with E-state index in [9.17, 15) is 26.4 Å². The van der Waals surface area contributed by atoms with Crippen molar-refractivity contribution in [3.63, 3.8) is 0 Å². The van der Waals surface area contributed by atoms with E-state index in [1.54, 1.807) is 11.8 Å². The number of carbonyl (C=O) groups is 1. The maximum Gasteiger partial charge on any atom is 0.416 e. The average molecular weight is 473 g/mol. The van der Waals surface area contributed by atoms with E-state index in [0.29, 0.717) is 25.5 Å². The van der Waals surface area contributed by atoms with Crippen molar-refractivity contribution in [2.24, 2.45) is 5.92 Å². The third-order valence-corrected chi connectivity index (χ3v) is 7.89. The standard InChI is InChI=1S/C21H23F3N2O3S2/c1-30-18-7-5-15(6-8-18)14-25-20(27)16-9-11-26(12-10-16)31(28,29)19-4-2-3-17(13-19)21(22,23)24/h2-8,13,16H,9-12,14H2,1H3,(H,25,27). The molecule has 1 N–H and O–H groups in total. The minimum atomic E-state index is -4.62. The summed E-state index contributed by atoms with van der Waals surface area (Å²) in [6.45, 7) is 0.550. The van der Waals surface area contributed by atoms with Gasteiger partial charge < -0.3 is 5.32 Å².